The Morgan fingerprint density at radius 1 is 0.846 bits per heavy atom. The van der Waals surface area contributed by atoms with Crippen LogP contribution in [0.1, 0.15) is 51.4 Å². The molecule has 0 radical (unpaired) electrons. The van der Waals surface area contributed by atoms with Gasteiger partial charge < -0.3 is 5.73 Å². The molecule has 0 aromatic rings. The van der Waals surface area contributed by atoms with Crippen LogP contribution >= 0.6 is 11.8 Å². The van der Waals surface area contributed by atoms with Gasteiger partial charge in [-0.05, 0) is 32.1 Å². The molecule has 2 rings (SSSR count). The van der Waals surface area contributed by atoms with Crippen molar-refractivity contribution in [1.29, 1.82) is 0 Å². The summed E-state index contributed by atoms with van der Waals surface area (Å²) < 4.78 is 0. The molecule has 13 heavy (non-hydrogen) atoms. The predicted molar refractivity (Wildman–Crippen MR) is 60.1 cm³/mol. The monoisotopic (exact) mass is 199 g/mol. The van der Waals surface area contributed by atoms with E-state index in [9.17, 15) is 0 Å². The quantitative estimate of drug-likeness (QED) is 0.740. The molecule has 2 heteroatoms. The first kappa shape index (κ1) is 9.85. The van der Waals surface area contributed by atoms with Crippen LogP contribution in [0.5, 0.6) is 0 Å². The van der Waals surface area contributed by atoms with Crippen LogP contribution in [0.2, 0.25) is 0 Å². The second-order valence-electron chi connectivity index (χ2n) is 4.59. The van der Waals surface area contributed by atoms with Crippen molar-refractivity contribution in [2.75, 3.05) is 0 Å². The molecule has 0 spiro atoms. The van der Waals surface area contributed by atoms with Crippen LogP contribution in [0.15, 0.2) is 0 Å². The summed E-state index contributed by atoms with van der Waals surface area (Å²) in [6, 6.07) is 0.515. The van der Waals surface area contributed by atoms with Gasteiger partial charge in [0, 0.05) is 16.5 Å². The lowest BCUT2D eigenvalue weighted by molar-refractivity contribution is 0.514. The van der Waals surface area contributed by atoms with E-state index in [2.05, 4.69) is 11.8 Å². The topological polar surface area (TPSA) is 26.0 Å². The van der Waals surface area contributed by atoms with Gasteiger partial charge in [0.25, 0.3) is 0 Å². The number of rotatable bonds is 2. The molecule has 76 valence electrons. The van der Waals surface area contributed by atoms with E-state index in [-0.39, 0.29) is 0 Å². The fraction of sp³-hybridized carbons (Fsp3) is 1.00. The molecular formula is C11H21NS. The Hall–Kier alpha value is 0.310. The molecule has 2 fully saturated rings. The first-order valence-electron chi connectivity index (χ1n) is 5.75. The molecule has 0 heterocycles. The Balaban J connectivity index is 1.71. The number of hydrogen-bond acceptors (Lipinski definition) is 2. The average Bonchev–Trinajstić information content (AvgIpc) is 2.53. The molecule has 2 atom stereocenters. The zero-order chi connectivity index (χ0) is 9.10. The number of thioether (sulfide) groups is 1. The Bertz CT molecular complexity index is 151. The van der Waals surface area contributed by atoms with Crippen LogP contribution in [0.25, 0.3) is 0 Å². The highest BCUT2D eigenvalue weighted by atomic mass is 32.2. The van der Waals surface area contributed by atoms with Crippen molar-refractivity contribution >= 4 is 11.8 Å². The van der Waals surface area contributed by atoms with E-state index >= 15 is 0 Å². The summed E-state index contributed by atoms with van der Waals surface area (Å²) in [7, 11) is 0. The minimum absolute atomic E-state index is 0.515. The van der Waals surface area contributed by atoms with E-state index in [0.29, 0.717) is 6.04 Å². The third-order valence-corrected chi connectivity index (χ3v) is 5.03. The second kappa shape index (κ2) is 4.70. The van der Waals surface area contributed by atoms with Gasteiger partial charge in [0.1, 0.15) is 0 Å². The Kier molecular flexibility index (Phi) is 3.56. The Morgan fingerprint density at radius 3 is 2.23 bits per heavy atom. The van der Waals surface area contributed by atoms with Gasteiger partial charge in [0.15, 0.2) is 0 Å². The maximum Gasteiger partial charge on any atom is 0.00651 e. The van der Waals surface area contributed by atoms with Crippen molar-refractivity contribution in [3.8, 4) is 0 Å². The second-order valence-corrected chi connectivity index (χ2v) is 6.20. The lowest BCUT2D eigenvalue weighted by Crippen LogP contribution is -2.17. The molecule has 0 bridgehead atoms. The van der Waals surface area contributed by atoms with Crippen molar-refractivity contribution in [2.45, 2.75) is 67.9 Å². The van der Waals surface area contributed by atoms with Gasteiger partial charge in [-0.15, -0.1) is 0 Å². The van der Waals surface area contributed by atoms with E-state index in [1.807, 2.05) is 0 Å². The van der Waals surface area contributed by atoms with Crippen molar-refractivity contribution < 1.29 is 0 Å². The van der Waals surface area contributed by atoms with E-state index in [4.69, 9.17) is 5.73 Å². The van der Waals surface area contributed by atoms with Crippen LogP contribution in [-0.2, 0) is 0 Å². The molecule has 0 saturated heterocycles. The molecule has 0 aliphatic heterocycles. The minimum atomic E-state index is 0.515. The Labute approximate surface area is 85.8 Å². The van der Waals surface area contributed by atoms with Crippen molar-refractivity contribution in [2.24, 2.45) is 5.73 Å². The molecule has 0 aromatic heterocycles. The molecule has 0 amide bonds. The predicted octanol–water partition coefficient (Wildman–Crippen LogP) is 2.93. The van der Waals surface area contributed by atoms with E-state index < -0.39 is 0 Å². The lowest BCUT2D eigenvalue weighted by Gasteiger charge is -2.23. The summed E-state index contributed by atoms with van der Waals surface area (Å²) in [5.41, 5.74) is 5.92. The van der Waals surface area contributed by atoms with Gasteiger partial charge in [-0.25, -0.2) is 0 Å². The van der Waals surface area contributed by atoms with Crippen LogP contribution in [0.4, 0.5) is 0 Å². The third-order valence-electron chi connectivity index (χ3n) is 3.36. The third kappa shape index (κ3) is 2.88. The zero-order valence-electron chi connectivity index (χ0n) is 8.37. The van der Waals surface area contributed by atoms with Crippen molar-refractivity contribution in [1.82, 2.24) is 0 Å². The molecule has 1 nitrogen and oxygen atoms in total. The summed E-state index contributed by atoms with van der Waals surface area (Å²) >= 11 is 2.25. The van der Waals surface area contributed by atoms with Crippen LogP contribution in [-0.4, -0.2) is 16.5 Å². The summed E-state index contributed by atoms with van der Waals surface area (Å²) in [5.74, 6) is 0. The smallest absolute Gasteiger partial charge is 0.00651 e. The molecule has 0 aromatic carbocycles. The number of hydrogen-bond donors (Lipinski definition) is 1. The van der Waals surface area contributed by atoms with Gasteiger partial charge in [0.05, 0.1) is 0 Å². The average molecular weight is 199 g/mol. The summed E-state index contributed by atoms with van der Waals surface area (Å²) in [5, 5.41) is 1.88. The van der Waals surface area contributed by atoms with Gasteiger partial charge in [-0.3, -0.25) is 0 Å². The minimum Gasteiger partial charge on any atom is -0.328 e. The summed E-state index contributed by atoms with van der Waals surface area (Å²) in [6.07, 6.45) is 11.3. The number of nitrogens with two attached hydrogens (primary N) is 1. The van der Waals surface area contributed by atoms with Crippen LogP contribution < -0.4 is 5.73 Å². The van der Waals surface area contributed by atoms with Crippen molar-refractivity contribution in [3.05, 3.63) is 0 Å². The highest BCUT2D eigenvalue weighted by Crippen LogP contribution is 2.37. The molecule has 2 aliphatic carbocycles. The van der Waals surface area contributed by atoms with Gasteiger partial charge in [0.2, 0.25) is 0 Å². The summed E-state index contributed by atoms with van der Waals surface area (Å²) in [6.45, 7) is 0. The maximum atomic E-state index is 5.92. The highest BCUT2D eigenvalue weighted by molar-refractivity contribution is 8.00. The fourth-order valence-corrected chi connectivity index (χ4v) is 4.35. The first-order chi connectivity index (χ1) is 6.34. The van der Waals surface area contributed by atoms with Gasteiger partial charge in [-0.1, -0.05) is 19.3 Å². The molecular weight excluding hydrogens is 178 g/mol. The Morgan fingerprint density at radius 2 is 1.62 bits per heavy atom. The molecule has 2 saturated carbocycles. The first-order valence-corrected chi connectivity index (χ1v) is 6.70. The van der Waals surface area contributed by atoms with E-state index in [0.717, 1.165) is 10.5 Å². The lowest BCUT2D eigenvalue weighted by atomic mass is 10.0. The molecule has 2 N–H and O–H groups in total. The highest BCUT2D eigenvalue weighted by Gasteiger charge is 2.25. The summed E-state index contributed by atoms with van der Waals surface area (Å²) in [4.78, 5) is 0. The van der Waals surface area contributed by atoms with Gasteiger partial charge >= 0.3 is 0 Å². The zero-order valence-corrected chi connectivity index (χ0v) is 9.19. The van der Waals surface area contributed by atoms with E-state index in [1.165, 1.54) is 51.4 Å². The van der Waals surface area contributed by atoms with E-state index in [1.54, 1.807) is 0 Å². The van der Waals surface area contributed by atoms with Crippen LogP contribution in [0, 0.1) is 0 Å². The standard InChI is InChI=1S/C11H21NS/c12-9-6-7-11(8-9)13-10-4-2-1-3-5-10/h9-11H,1-8,12H2. The maximum absolute atomic E-state index is 5.92. The van der Waals surface area contributed by atoms with Crippen molar-refractivity contribution in [3.63, 3.8) is 0 Å². The normalized spacial score (nSPS) is 36.7. The fourth-order valence-electron chi connectivity index (χ4n) is 2.57. The van der Waals surface area contributed by atoms with Crippen LogP contribution in [0.3, 0.4) is 0 Å². The largest absolute Gasteiger partial charge is 0.328 e. The molecule has 2 unspecified atom stereocenters. The van der Waals surface area contributed by atoms with Gasteiger partial charge in [-0.2, -0.15) is 11.8 Å². The molecule has 2 aliphatic rings. The SMILES string of the molecule is NC1CCC(SC2CCCCC2)C1.